The first-order valence-electron chi connectivity index (χ1n) is 7.31. The number of hydrogen-bond donors (Lipinski definition) is 0. The molecule has 0 radical (unpaired) electrons. The molecule has 22 heavy (non-hydrogen) atoms. The van der Waals surface area contributed by atoms with Crippen LogP contribution in [-0.4, -0.2) is 20.4 Å². The van der Waals surface area contributed by atoms with Crippen molar-refractivity contribution in [3.8, 4) is 11.1 Å². The first-order valence-corrected chi connectivity index (χ1v) is 8.11. The van der Waals surface area contributed by atoms with Crippen LogP contribution in [0.2, 0.25) is 0 Å². The quantitative estimate of drug-likeness (QED) is 0.663. The summed E-state index contributed by atoms with van der Waals surface area (Å²) in [5, 5.41) is 4.54. The van der Waals surface area contributed by atoms with Crippen LogP contribution in [0.5, 0.6) is 0 Å². The number of aromatic nitrogens is 3. The number of halogens is 1. The highest BCUT2D eigenvalue weighted by Crippen LogP contribution is 2.30. The fourth-order valence-electron chi connectivity index (χ4n) is 3.05. The molecule has 0 N–H and O–H groups in total. The van der Waals surface area contributed by atoms with Gasteiger partial charge in [0, 0.05) is 22.7 Å². The number of fused-ring (bicyclic) bond motifs is 2. The number of hydrogen-bond acceptors (Lipinski definition) is 3. The topological polar surface area (TPSA) is 47.3 Å². The molecule has 0 atom stereocenters. The largest absolute Gasteiger partial charge is 0.294 e. The van der Waals surface area contributed by atoms with Gasteiger partial charge in [-0.3, -0.25) is 4.79 Å². The van der Waals surface area contributed by atoms with Gasteiger partial charge in [-0.2, -0.15) is 5.10 Å². The molecule has 4 rings (SSSR count). The second kappa shape index (κ2) is 5.02. The number of benzene rings is 1. The summed E-state index contributed by atoms with van der Waals surface area (Å²) in [4.78, 5) is 16.8. The number of carbonyl (C=O) groups excluding carboxylic acids is 1. The molecule has 0 saturated heterocycles. The van der Waals surface area contributed by atoms with Gasteiger partial charge in [0.05, 0.1) is 17.0 Å². The van der Waals surface area contributed by atoms with Crippen LogP contribution in [0.15, 0.2) is 34.9 Å². The van der Waals surface area contributed by atoms with Crippen LogP contribution in [-0.2, 0) is 6.42 Å². The minimum absolute atomic E-state index is 0.175. The second-order valence-corrected chi connectivity index (χ2v) is 6.53. The molecule has 1 aromatic carbocycles. The molecule has 0 bridgehead atoms. The Hall–Kier alpha value is -2.01. The van der Waals surface area contributed by atoms with Crippen LogP contribution in [0, 0.1) is 6.92 Å². The molecule has 0 fully saturated rings. The van der Waals surface area contributed by atoms with E-state index in [1.165, 1.54) is 0 Å². The van der Waals surface area contributed by atoms with Gasteiger partial charge in [0.2, 0.25) is 0 Å². The third kappa shape index (κ3) is 2.08. The van der Waals surface area contributed by atoms with Crippen LogP contribution in [0.3, 0.4) is 0 Å². The summed E-state index contributed by atoms with van der Waals surface area (Å²) >= 11 is 3.46. The summed E-state index contributed by atoms with van der Waals surface area (Å²) in [5.41, 5.74) is 5.50. The highest BCUT2D eigenvalue weighted by atomic mass is 79.9. The van der Waals surface area contributed by atoms with Gasteiger partial charge < -0.3 is 0 Å². The predicted octanol–water partition coefficient (Wildman–Crippen LogP) is 3.99. The molecular formula is C17H14BrN3O. The van der Waals surface area contributed by atoms with Gasteiger partial charge in [0.15, 0.2) is 11.4 Å². The Balaban J connectivity index is 1.97. The molecule has 0 saturated carbocycles. The van der Waals surface area contributed by atoms with Crippen LogP contribution >= 0.6 is 15.9 Å². The SMILES string of the molecule is Cc1nn2cc3c(nc2c1-c1ccc(Br)cc1)CCCC3=O. The molecule has 0 aliphatic heterocycles. The van der Waals surface area contributed by atoms with Crippen LogP contribution in [0.4, 0.5) is 0 Å². The van der Waals surface area contributed by atoms with E-state index >= 15 is 0 Å². The van der Waals surface area contributed by atoms with E-state index in [1.54, 1.807) is 4.52 Å². The van der Waals surface area contributed by atoms with Gasteiger partial charge in [-0.25, -0.2) is 9.50 Å². The molecule has 0 amide bonds. The van der Waals surface area contributed by atoms with Crippen molar-refractivity contribution in [1.82, 2.24) is 14.6 Å². The van der Waals surface area contributed by atoms with Gasteiger partial charge in [-0.1, -0.05) is 28.1 Å². The third-order valence-corrected chi connectivity index (χ3v) is 4.64. The number of carbonyl (C=O) groups is 1. The van der Waals surface area contributed by atoms with E-state index in [2.05, 4.69) is 33.2 Å². The van der Waals surface area contributed by atoms with Gasteiger partial charge in [-0.15, -0.1) is 0 Å². The number of ketones is 1. The van der Waals surface area contributed by atoms with E-state index in [1.807, 2.05) is 25.3 Å². The zero-order valence-corrected chi connectivity index (χ0v) is 13.7. The maximum Gasteiger partial charge on any atom is 0.166 e. The minimum atomic E-state index is 0.175. The fourth-order valence-corrected chi connectivity index (χ4v) is 3.31. The Morgan fingerprint density at radius 1 is 1.18 bits per heavy atom. The monoisotopic (exact) mass is 355 g/mol. The van der Waals surface area contributed by atoms with Crippen molar-refractivity contribution in [2.24, 2.45) is 0 Å². The van der Waals surface area contributed by atoms with Gasteiger partial charge in [0.1, 0.15) is 0 Å². The highest BCUT2D eigenvalue weighted by Gasteiger charge is 2.22. The maximum atomic E-state index is 12.0. The van der Waals surface area contributed by atoms with Crippen molar-refractivity contribution in [3.63, 3.8) is 0 Å². The molecule has 1 aliphatic carbocycles. The van der Waals surface area contributed by atoms with Gasteiger partial charge >= 0.3 is 0 Å². The average molecular weight is 356 g/mol. The lowest BCUT2D eigenvalue weighted by Crippen LogP contribution is -2.14. The Labute approximate surface area is 136 Å². The molecule has 2 aromatic heterocycles. The number of rotatable bonds is 1. The summed E-state index contributed by atoms with van der Waals surface area (Å²) in [6.07, 6.45) is 4.20. The maximum absolute atomic E-state index is 12.0. The van der Waals surface area contributed by atoms with E-state index in [-0.39, 0.29) is 5.78 Å². The summed E-state index contributed by atoms with van der Waals surface area (Å²) in [7, 11) is 0. The molecule has 0 spiro atoms. The van der Waals surface area contributed by atoms with Gasteiger partial charge in [0.25, 0.3) is 0 Å². The second-order valence-electron chi connectivity index (χ2n) is 5.61. The Bertz CT molecular complexity index is 896. The molecule has 110 valence electrons. The Morgan fingerprint density at radius 3 is 2.73 bits per heavy atom. The van der Waals surface area contributed by atoms with Crippen molar-refractivity contribution in [2.45, 2.75) is 26.2 Å². The number of nitrogens with zero attached hydrogens (tertiary/aromatic N) is 3. The molecule has 3 aromatic rings. The predicted molar refractivity (Wildman–Crippen MR) is 88.1 cm³/mol. The normalized spacial score (nSPS) is 14.4. The van der Waals surface area contributed by atoms with Crippen LogP contribution < -0.4 is 0 Å². The van der Waals surface area contributed by atoms with Crippen LogP contribution in [0.25, 0.3) is 16.8 Å². The number of Topliss-reactive ketones (excluding diaryl/α,β-unsaturated/α-hetero) is 1. The molecule has 5 heteroatoms. The lowest BCUT2D eigenvalue weighted by Gasteiger charge is -2.13. The standard InChI is InChI=1S/C17H14BrN3O/c1-10-16(11-5-7-12(18)8-6-11)17-19-14-3-2-4-15(22)13(14)9-21(17)20-10/h5-9H,2-4H2,1H3. The smallest absolute Gasteiger partial charge is 0.166 e. The summed E-state index contributed by atoms with van der Waals surface area (Å²) in [6, 6.07) is 8.14. The third-order valence-electron chi connectivity index (χ3n) is 4.11. The van der Waals surface area contributed by atoms with Crippen molar-refractivity contribution >= 4 is 27.4 Å². The molecule has 0 unspecified atom stereocenters. The van der Waals surface area contributed by atoms with E-state index in [0.717, 1.165) is 51.0 Å². The van der Waals surface area contributed by atoms with Crippen LogP contribution in [0.1, 0.15) is 34.6 Å². The van der Waals surface area contributed by atoms with E-state index in [0.29, 0.717) is 6.42 Å². The van der Waals surface area contributed by atoms with E-state index < -0.39 is 0 Å². The fraction of sp³-hybridized carbons (Fsp3) is 0.235. The molecular weight excluding hydrogens is 342 g/mol. The number of aryl methyl sites for hydroxylation is 2. The van der Waals surface area contributed by atoms with Crippen molar-refractivity contribution < 1.29 is 4.79 Å². The molecule has 2 heterocycles. The summed E-state index contributed by atoms with van der Waals surface area (Å²) < 4.78 is 2.79. The Morgan fingerprint density at radius 2 is 1.95 bits per heavy atom. The van der Waals surface area contributed by atoms with E-state index in [4.69, 9.17) is 4.98 Å². The molecule has 4 nitrogen and oxygen atoms in total. The lowest BCUT2D eigenvalue weighted by atomic mass is 9.96. The average Bonchev–Trinajstić information content (AvgIpc) is 2.82. The van der Waals surface area contributed by atoms with Crippen molar-refractivity contribution in [1.29, 1.82) is 0 Å². The zero-order chi connectivity index (χ0) is 15.3. The first kappa shape index (κ1) is 13.6. The minimum Gasteiger partial charge on any atom is -0.294 e. The van der Waals surface area contributed by atoms with E-state index in [9.17, 15) is 4.79 Å². The summed E-state index contributed by atoms with van der Waals surface area (Å²) in [5.74, 6) is 0.175. The van der Waals surface area contributed by atoms with Gasteiger partial charge in [-0.05, 0) is 37.5 Å². The first-order chi connectivity index (χ1) is 10.6. The van der Waals surface area contributed by atoms with Crippen molar-refractivity contribution in [2.75, 3.05) is 0 Å². The summed E-state index contributed by atoms with van der Waals surface area (Å²) in [6.45, 7) is 1.98. The van der Waals surface area contributed by atoms with Crippen molar-refractivity contribution in [3.05, 3.63) is 51.9 Å². The highest BCUT2D eigenvalue weighted by molar-refractivity contribution is 9.10. The molecule has 1 aliphatic rings. The zero-order valence-electron chi connectivity index (χ0n) is 12.1. The Kier molecular flexibility index (Phi) is 3.11. The lowest BCUT2D eigenvalue weighted by molar-refractivity contribution is 0.0971.